The highest BCUT2D eigenvalue weighted by molar-refractivity contribution is 7.89. The fourth-order valence-electron chi connectivity index (χ4n) is 0.734. The number of thiazole rings is 1. The van der Waals surface area contributed by atoms with Gasteiger partial charge in [-0.3, -0.25) is 0 Å². The van der Waals surface area contributed by atoms with Crippen LogP contribution in [-0.2, 0) is 10.0 Å². The van der Waals surface area contributed by atoms with Crippen molar-refractivity contribution in [2.45, 2.75) is 24.7 Å². The lowest BCUT2D eigenvalue weighted by molar-refractivity contribution is 0.595. The van der Waals surface area contributed by atoms with E-state index in [1.54, 1.807) is 0 Å². The number of hydrogen-bond donors (Lipinski definition) is 1. The highest BCUT2D eigenvalue weighted by atomic mass is 32.2. The summed E-state index contributed by atoms with van der Waals surface area (Å²) in [6, 6.07) is 0. The lowest BCUT2D eigenvalue weighted by Crippen LogP contribution is -2.37. The summed E-state index contributed by atoms with van der Waals surface area (Å²) in [6.07, 6.45) is 0. The number of hydrogen-bond acceptors (Lipinski definition) is 4. The van der Waals surface area contributed by atoms with Crippen LogP contribution in [0.3, 0.4) is 0 Å². The molecule has 1 aromatic rings. The van der Waals surface area contributed by atoms with Crippen molar-refractivity contribution in [1.29, 1.82) is 0 Å². The van der Waals surface area contributed by atoms with E-state index >= 15 is 0 Å². The molecule has 0 aliphatic carbocycles. The Kier molecular flexibility index (Phi) is 2.63. The molecule has 0 aliphatic heterocycles. The minimum Gasteiger partial charge on any atom is -0.234 e. The maximum absolute atomic E-state index is 10.9. The van der Waals surface area contributed by atoms with Gasteiger partial charge in [0.1, 0.15) is 8.07 Å². The molecule has 0 fully saturated rings. The smallest absolute Gasteiger partial charge is 0.234 e. The van der Waals surface area contributed by atoms with Crippen molar-refractivity contribution < 1.29 is 8.42 Å². The summed E-state index contributed by atoms with van der Waals surface area (Å²) in [4.78, 5) is 4.02. The number of primary sulfonamides is 1. The SMILES string of the molecule is C[Si](C)(C)c1nc(S(N)(=O)=O)cs1. The molecule has 13 heavy (non-hydrogen) atoms. The van der Waals surface area contributed by atoms with Crippen molar-refractivity contribution in [3.63, 3.8) is 0 Å². The molecule has 1 heterocycles. The van der Waals surface area contributed by atoms with Crippen molar-refractivity contribution >= 4 is 34.1 Å². The summed E-state index contributed by atoms with van der Waals surface area (Å²) < 4.78 is 22.7. The Hall–Kier alpha value is -0.243. The predicted octanol–water partition coefficient (Wildman–Crippen LogP) is 0.336. The maximum atomic E-state index is 10.9. The molecule has 1 rings (SSSR count). The van der Waals surface area contributed by atoms with Crippen LogP contribution in [-0.4, -0.2) is 21.5 Å². The van der Waals surface area contributed by atoms with Gasteiger partial charge in [-0.15, -0.1) is 11.3 Å². The van der Waals surface area contributed by atoms with E-state index in [1.807, 2.05) is 0 Å². The summed E-state index contributed by atoms with van der Waals surface area (Å²) in [5, 5.41) is 6.44. The fraction of sp³-hybridized carbons (Fsp3) is 0.500. The van der Waals surface area contributed by atoms with Crippen molar-refractivity contribution in [2.24, 2.45) is 5.14 Å². The molecular weight excluding hydrogens is 224 g/mol. The first kappa shape index (κ1) is 10.8. The molecule has 0 radical (unpaired) electrons. The van der Waals surface area contributed by atoms with E-state index in [4.69, 9.17) is 5.14 Å². The monoisotopic (exact) mass is 236 g/mol. The van der Waals surface area contributed by atoms with Crippen LogP contribution < -0.4 is 9.77 Å². The fourth-order valence-corrected chi connectivity index (χ4v) is 4.24. The summed E-state index contributed by atoms with van der Waals surface area (Å²) in [7, 11) is -5.12. The van der Waals surface area contributed by atoms with Gasteiger partial charge in [-0.1, -0.05) is 19.6 Å². The third-order valence-electron chi connectivity index (χ3n) is 1.42. The van der Waals surface area contributed by atoms with Crippen LogP contribution in [0.15, 0.2) is 10.4 Å². The lowest BCUT2D eigenvalue weighted by atomic mass is 11.0. The molecule has 0 aliphatic rings. The Bertz CT molecular complexity index is 405. The average molecular weight is 236 g/mol. The first-order chi connectivity index (χ1) is 5.71. The second-order valence-corrected chi connectivity index (χ2v) is 11.5. The van der Waals surface area contributed by atoms with E-state index in [1.165, 1.54) is 16.7 Å². The molecule has 0 saturated carbocycles. The molecule has 7 heteroatoms. The topological polar surface area (TPSA) is 73.0 Å². The molecule has 0 amide bonds. The Balaban J connectivity index is 3.16. The summed E-state index contributed by atoms with van der Waals surface area (Å²) in [5.74, 6) is 0. The average Bonchev–Trinajstić information content (AvgIpc) is 2.28. The number of rotatable bonds is 2. The first-order valence-corrected chi connectivity index (χ1v) is 9.62. The van der Waals surface area contributed by atoms with E-state index in [-0.39, 0.29) is 5.03 Å². The molecule has 0 unspecified atom stereocenters. The molecule has 0 saturated heterocycles. The van der Waals surface area contributed by atoms with Crippen molar-refractivity contribution in [2.75, 3.05) is 0 Å². The quantitative estimate of drug-likeness (QED) is 0.752. The standard InChI is InChI=1S/C6H12N2O2S2Si/c1-13(2,3)6-8-5(4-11-6)12(7,9)10/h4H,1-3H3,(H2,7,9,10). The number of nitrogens with zero attached hydrogens (tertiary/aromatic N) is 1. The van der Waals surface area contributed by atoms with Crippen LogP contribution in [0.2, 0.25) is 19.6 Å². The van der Waals surface area contributed by atoms with Crippen molar-refractivity contribution in [3.8, 4) is 0 Å². The third-order valence-corrected chi connectivity index (χ3v) is 6.60. The van der Waals surface area contributed by atoms with E-state index in [0.29, 0.717) is 0 Å². The predicted molar refractivity (Wildman–Crippen MR) is 56.5 cm³/mol. The van der Waals surface area contributed by atoms with Gasteiger partial charge in [0.25, 0.3) is 10.0 Å². The molecule has 0 aromatic carbocycles. The second kappa shape index (κ2) is 3.16. The van der Waals surface area contributed by atoms with E-state index in [0.717, 1.165) is 4.63 Å². The van der Waals surface area contributed by atoms with Gasteiger partial charge in [0.05, 0.1) is 4.63 Å². The Morgan fingerprint density at radius 3 is 2.23 bits per heavy atom. The van der Waals surface area contributed by atoms with Gasteiger partial charge in [-0.25, -0.2) is 18.5 Å². The van der Waals surface area contributed by atoms with Gasteiger partial charge >= 0.3 is 0 Å². The van der Waals surface area contributed by atoms with Crippen LogP contribution in [0.25, 0.3) is 0 Å². The third kappa shape index (κ3) is 2.60. The minimum absolute atomic E-state index is 0.00470. The van der Waals surface area contributed by atoms with Gasteiger partial charge in [0, 0.05) is 5.38 Å². The molecule has 4 nitrogen and oxygen atoms in total. The van der Waals surface area contributed by atoms with Crippen LogP contribution in [0, 0.1) is 0 Å². The van der Waals surface area contributed by atoms with Crippen molar-refractivity contribution in [1.82, 2.24) is 4.98 Å². The molecule has 0 spiro atoms. The lowest BCUT2D eigenvalue weighted by Gasteiger charge is -2.10. The van der Waals surface area contributed by atoms with Crippen molar-refractivity contribution in [3.05, 3.63) is 5.38 Å². The van der Waals surface area contributed by atoms with Gasteiger partial charge in [-0.05, 0) is 0 Å². The summed E-state index contributed by atoms with van der Waals surface area (Å²) in [5.41, 5.74) is 0. The number of nitrogens with two attached hydrogens (primary N) is 1. The van der Waals surface area contributed by atoms with Gasteiger partial charge in [0.2, 0.25) is 0 Å². The van der Waals surface area contributed by atoms with E-state index < -0.39 is 18.1 Å². The highest BCUT2D eigenvalue weighted by Gasteiger charge is 2.23. The molecule has 74 valence electrons. The minimum atomic E-state index is -3.62. The van der Waals surface area contributed by atoms with Crippen LogP contribution in [0.1, 0.15) is 0 Å². The largest absolute Gasteiger partial charge is 0.256 e. The zero-order valence-corrected chi connectivity index (χ0v) is 10.4. The molecule has 2 N–H and O–H groups in total. The maximum Gasteiger partial charge on any atom is 0.256 e. The molecular formula is C6H12N2O2S2Si. The first-order valence-electron chi connectivity index (χ1n) is 3.70. The van der Waals surface area contributed by atoms with Gasteiger partial charge in [0.15, 0.2) is 5.03 Å². The van der Waals surface area contributed by atoms with Crippen LogP contribution >= 0.6 is 11.3 Å². The van der Waals surface area contributed by atoms with E-state index in [9.17, 15) is 8.42 Å². The zero-order chi connectivity index (χ0) is 10.3. The highest BCUT2D eigenvalue weighted by Crippen LogP contribution is 2.10. The number of sulfonamides is 1. The second-order valence-electron chi connectivity index (χ2n) is 3.79. The summed E-state index contributed by atoms with van der Waals surface area (Å²) in [6.45, 7) is 6.33. The Morgan fingerprint density at radius 2 is 2.00 bits per heavy atom. The normalized spacial score (nSPS) is 13.2. The van der Waals surface area contributed by atoms with Gasteiger partial charge < -0.3 is 0 Å². The Morgan fingerprint density at radius 1 is 1.46 bits per heavy atom. The van der Waals surface area contributed by atoms with E-state index in [2.05, 4.69) is 24.6 Å². The zero-order valence-electron chi connectivity index (χ0n) is 7.73. The molecule has 1 aromatic heterocycles. The number of aromatic nitrogens is 1. The molecule has 0 atom stereocenters. The van der Waals surface area contributed by atoms with Crippen LogP contribution in [0.4, 0.5) is 0 Å². The molecule has 0 bridgehead atoms. The van der Waals surface area contributed by atoms with Gasteiger partial charge in [-0.2, -0.15) is 0 Å². The Labute approximate surface area is 82.9 Å². The summed E-state index contributed by atoms with van der Waals surface area (Å²) >= 11 is 1.37. The van der Waals surface area contributed by atoms with Crippen LogP contribution in [0.5, 0.6) is 0 Å².